The minimum Gasteiger partial charge on any atom is -0.337 e. The third-order valence-corrected chi connectivity index (χ3v) is 6.26. The first-order valence-electron chi connectivity index (χ1n) is 6.25. The molecule has 1 aliphatic heterocycles. The molecule has 0 bridgehead atoms. The van der Waals surface area contributed by atoms with Gasteiger partial charge in [0.1, 0.15) is 0 Å². The second kappa shape index (κ2) is 4.82. The van der Waals surface area contributed by atoms with Gasteiger partial charge in [0.25, 0.3) is 0 Å². The van der Waals surface area contributed by atoms with E-state index in [2.05, 4.69) is 23.5 Å². The largest absolute Gasteiger partial charge is 0.337 e. The zero-order chi connectivity index (χ0) is 11.6. The number of hydrogen-bond acceptors (Lipinski definition) is 1. The Kier molecular flexibility index (Phi) is 3.63. The second-order valence-corrected chi connectivity index (χ2v) is 9.79. The number of hydrogen-bond donors (Lipinski definition) is 0. The Bertz CT molecular complexity index is 299. The molecule has 1 heterocycles. The minimum atomic E-state index is -0.393. The van der Waals surface area contributed by atoms with Crippen molar-refractivity contribution in [2.75, 3.05) is 37.1 Å². The predicted molar refractivity (Wildman–Crippen MR) is 72.3 cm³/mol. The van der Waals surface area contributed by atoms with Crippen LogP contribution in [0.5, 0.6) is 0 Å². The summed E-state index contributed by atoms with van der Waals surface area (Å²) in [5, 5.41) is 0. The van der Waals surface area contributed by atoms with E-state index in [1.54, 1.807) is 0 Å². The fourth-order valence-electron chi connectivity index (χ4n) is 2.37. The lowest BCUT2D eigenvalue weighted by atomic mass is 9.98. The van der Waals surface area contributed by atoms with Gasteiger partial charge >= 0.3 is 0 Å². The van der Waals surface area contributed by atoms with Crippen molar-refractivity contribution >= 4 is 15.9 Å². The average molecular weight is 241 g/mol. The third-order valence-electron chi connectivity index (χ3n) is 3.68. The van der Waals surface area contributed by atoms with E-state index in [0.29, 0.717) is 5.91 Å². The van der Waals surface area contributed by atoms with Crippen molar-refractivity contribution in [2.24, 2.45) is 0 Å². The number of carbonyl (C=O) groups is 1. The van der Waals surface area contributed by atoms with E-state index >= 15 is 0 Å². The molecular formula is C13H23NOS. The molecule has 2 rings (SSSR count). The summed E-state index contributed by atoms with van der Waals surface area (Å²) in [7, 11) is -0.393. The third kappa shape index (κ3) is 2.82. The molecule has 0 spiro atoms. The van der Waals surface area contributed by atoms with Crippen molar-refractivity contribution in [3.8, 4) is 0 Å². The van der Waals surface area contributed by atoms with Gasteiger partial charge < -0.3 is 4.90 Å². The van der Waals surface area contributed by atoms with Gasteiger partial charge in [-0.2, -0.15) is 0 Å². The van der Waals surface area contributed by atoms with Gasteiger partial charge in [0.15, 0.2) is 0 Å². The molecular weight excluding hydrogens is 218 g/mol. The topological polar surface area (TPSA) is 20.3 Å². The molecule has 3 heteroatoms. The molecule has 0 N–H and O–H groups in total. The molecule has 2 nitrogen and oxygen atoms in total. The molecule has 0 saturated carbocycles. The van der Waals surface area contributed by atoms with Crippen LogP contribution in [0.3, 0.4) is 0 Å². The number of carbonyl (C=O) groups excluding carboxylic acids is 1. The standard InChI is InChI=1S/C13H23NOS/c1-16(2)10-8-14(9-11-16)13(15)12-6-4-3-5-7-12/h6H,3-5,7-11H2,1-2H3. The van der Waals surface area contributed by atoms with Crippen LogP contribution in [0.4, 0.5) is 0 Å². The van der Waals surface area contributed by atoms with E-state index < -0.39 is 10.0 Å². The van der Waals surface area contributed by atoms with E-state index in [4.69, 9.17) is 0 Å². The van der Waals surface area contributed by atoms with Crippen molar-refractivity contribution < 1.29 is 4.79 Å². The Morgan fingerprint density at radius 1 is 1.25 bits per heavy atom. The van der Waals surface area contributed by atoms with Gasteiger partial charge in [-0.25, -0.2) is 10.0 Å². The summed E-state index contributed by atoms with van der Waals surface area (Å²) in [4.78, 5) is 14.3. The van der Waals surface area contributed by atoms with E-state index in [1.165, 1.54) is 24.3 Å². The van der Waals surface area contributed by atoms with E-state index in [1.807, 2.05) is 0 Å². The quantitative estimate of drug-likeness (QED) is 0.690. The normalized spacial score (nSPS) is 27.1. The Labute approximate surface area is 100 Å². The van der Waals surface area contributed by atoms with Gasteiger partial charge in [0.05, 0.1) is 0 Å². The Balaban J connectivity index is 1.93. The van der Waals surface area contributed by atoms with Crippen molar-refractivity contribution in [2.45, 2.75) is 25.7 Å². The zero-order valence-corrected chi connectivity index (χ0v) is 11.3. The molecule has 0 unspecified atom stereocenters. The fraction of sp³-hybridized carbons (Fsp3) is 0.769. The van der Waals surface area contributed by atoms with Crippen molar-refractivity contribution in [1.29, 1.82) is 0 Å². The van der Waals surface area contributed by atoms with Crippen LogP contribution in [0, 0.1) is 0 Å². The lowest BCUT2D eigenvalue weighted by molar-refractivity contribution is -0.127. The number of amides is 1. The fourth-order valence-corrected chi connectivity index (χ4v) is 4.00. The van der Waals surface area contributed by atoms with Crippen LogP contribution in [0.25, 0.3) is 0 Å². The van der Waals surface area contributed by atoms with Crippen molar-refractivity contribution in [3.63, 3.8) is 0 Å². The molecule has 16 heavy (non-hydrogen) atoms. The molecule has 0 aromatic rings. The van der Waals surface area contributed by atoms with E-state index in [-0.39, 0.29) is 0 Å². The maximum Gasteiger partial charge on any atom is 0.249 e. The van der Waals surface area contributed by atoms with Crippen LogP contribution in [-0.4, -0.2) is 47.9 Å². The second-order valence-electron chi connectivity index (χ2n) is 5.44. The van der Waals surface area contributed by atoms with Gasteiger partial charge in [0.2, 0.25) is 5.91 Å². The van der Waals surface area contributed by atoms with Crippen LogP contribution in [0.1, 0.15) is 25.7 Å². The molecule has 0 aromatic carbocycles. The molecule has 1 aliphatic carbocycles. The van der Waals surface area contributed by atoms with Crippen LogP contribution >= 0.6 is 10.0 Å². The van der Waals surface area contributed by atoms with E-state index in [0.717, 1.165) is 31.5 Å². The van der Waals surface area contributed by atoms with E-state index in [9.17, 15) is 4.79 Å². The Morgan fingerprint density at radius 2 is 1.94 bits per heavy atom. The maximum absolute atomic E-state index is 12.2. The monoisotopic (exact) mass is 241 g/mol. The highest BCUT2D eigenvalue weighted by molar-refractivity contribution is 8.32. The molecule has 1 fully saturated rings. The number of nitrogens with zero attached hydrogens (tertiary/aromatic N) is 1. The summed E-state index contributed by atoms with van der Waals surface area (Å²) < 4.78 is 0. The highest BCUT2D eigenvalue weighted by Crippen LogP contribution is 2.41. The molecule has 0 aromatic heterocycles. The summed E-state index contributed by atoms with van der Waals surface area (Å²) >= 11 is 0. The molecule has 2 aliphatic rings. The minimum absolute atomic E-state index is 0.328. The number of rotatable bonds is 1. The van der Waals surface area contributed by atoms with Gasteiger partial charge in [0, 0.05) is 18.7 Å². The molecule has 92 valence electrons. The summed E-state index contributed by atoms with van der Waals surface area (Å²) in [6.07, 6.45) is 11.5. The molecule has 1 amide bonds. The molecule has 1 saturated heterocycles. The van der Waals surface area contributed by atoms with Crippen LogP contribution in [-0.2, 0) is 4.79 Å². The molecule has 0 radical (unpaired) electrons. The zero-order valence-electron chi connectivity index (χ0n) is 10.5. The summed E-state index contributed by atoms with van der Waals surface area (Å²) in [5.41, 5.74) is 1.08. The van der Waals surface area contributed by atoms with Crippen LogP contribution in [0.15, 0.2) is 11.6 Å². The van der Waals surface area contributed by atoms with Crippen molar-refractivity contribution in [1.82, 2.24) is 4.90 Å². The lowest BCUT2D eigenvalue weighted by Gasteiger charge is -2.41. The first-order chi connectivity index (χ1) is 7.58. The maximum atomic E-state index is 12.2. The highest BCUT2D eigenvalue weighted by atomic mass is 32.3. The van der Waals surface area contributed by atoms with Crippen molar-refractivity contribution in [3.05, 3.63) is 11.6 Å². The Hall–Kier alpha value is -0.440. The van der Waals surface area contributed by atoms with Gasteiger partial charge in [-0.15, -0.1) is 0 Å². The predicted octanol–water partition coefficient (Wildman–Crippen LogP) is 2.39. The average Bonchev–Trinajstić information content (AvgIpc) is 2.29. The van der Waals surface area contributed by atoms with Gasteiger partial charge in [-0.1, -0.05) is 6.08 Å². The smallest absolute Gasteiger partial charge is 0.249 e. The first-order valence-corrected chi connectivity index (χ1v) is 9.04. The van der Waals surface area contributed by atoms with Crippen LogP contribution < -0.4 is 0 Å². The van der Waals surface area contributed by atoms with Crippen LogP contribution in [0.2, 0.25) is 0 Å². The highest BCUT2D eigenvalue weighted by Gasteiger charge is 2.26. The first kappa shape index (κ1) is 12.0. The SMILES string of the molecule is CS1(C)CCN(C(=O)C2=CCCCC2)CC1. The summed E-state index contributed by atoms with van der Waals surface area (Å²) in [5.74, 6) is 2.78. The number of allylic oxidation sites excluding steroid dienone is 1. The lowest BCUT2D eigenvalue weighted by Crippen LogP contribution is -2.42. The molecule has 0 atom stereocenters. The van der Waals surface area contributed by atoms with Gasteiger partial charge in [-0.3, -0.25) is 4.79 Å². The Morgan fingerprint density at radius 3 is 2.50 bits per heavy atom. The summed E-state index contributed by atoms with van der Waals surface area (Å²) in [6, 6.07) is 0. The summed E-state index contributed by atoms with van der Waals surface area (Å²) in [6.45, 7) is 1.97. The van der Waals surface area contributed by atoms with Gasteiger partial charge in [-0.05, 0) is 49.7 Å².